The van der Waals surface area contributed by atoms with Crippen molar-refractivity contribution < 1.29 is 14.6 Å². The molecule has 1 rings (SSSR count). The van der Waals surface area contributed by atoms with Crippen LogP contribution in [0.3, 0.4) is 0 Å². The van der Waals surface area contributed by atoms with E-state index in [0.717, 1.165) is 5.56 Å². The third-order valence-electron chi connectivity index (χ3n) is 2.20. The number of carboxylic acids is 1. The van der Waals surface area contributed by atoms with Gasteiger partial charge in [-0.05, 0) is 17.2 Å². The quantitative estimate of drug-likeness (QED) is 0.829. The summed E-state index contributed by atoms with van der Waals surface area (Å²) in [4.78, 5) is 10.5. The van der Waals surface area contributed by atoms with Crippen molar-refractivity contribution in [2.75, 3.05) is 7.11 Å². The highest BCUT2D eigenvalue weighted by molar-refractivity contribution is 6.31. The van der Waals surface area contributed by atoms with Crippen LogP contribution in [0.2, 0.25) is 5.02 Å². The molecule has 16 heavy (non-hydrogen) atoms. The van der Waals surface area contributed by atoms with Crippen LogP contribution in [0.4, 0.5) is 0 Å². The number of carboxylic acid groups (broad SMARTS) is 1. The largest absolute Gasteiger partial charge is 0.481 e. The Bertz CT molecular complexity index is 381. The Hall–Kier alpha value is -1.10. The summed E-state index contributed by atoms with van der Waals surface area (Å²) in [7, 11) is 1.58. The molecule has 1 aromatic carbocycles. The maximum atomic E-state index is 10.5. The van der Waals surface area contributed by atoms with Gasteiger partial charge in [-0.2, -0.15) is 0 Å². The van der Waals surface area contributed by atoms with Gasteiger partial charge >= 0.3 is 5.97 Å². The van der Waals surface area contributed by atoms with E-state index in [1.807, 2.05) is 0 Å². The van der Waals surface area contributed by atoms with Crippen molar-refractivity contribution in [3.63, 3.8) is 0 Å². The first-order valence-corrected chi connectivity index (χ1v) is 5.17. The summed E-state index contributed by atoms with van der Waals surface area (Å²) in [6, 6.07) is 4.71. The van der Waals surface area contributed by atoms with Gasteiger partial charge in [0.25, 0.3) is 0 Å². The normalized spacial score (nSPS) is 12.4. The van der Waals surface area contributed by atoms with Gasteiger partial charge in [0.1, 0.15) is 0 Å². The molecular formula is C11H14ClNO3. The zero-order valence-electron chi connectivity index (χ0n) is 8.94. The Balaban J connectivity index is 2.83. The number of carbonyl (C=O) groups is 1. The Labute approximate surface area is 99.0 Å². The van der Waals surface area contributed by atoms with Crippen LogP contribution in [-0.2, 0) is 16.1 Å². The minimum atomic E-state index is -0.926. The number of hydrogen-bond acceptors (Lipinski definition) is 3. The molecule has 0 amide bonds. The second-order valence-electron chi connectivity index (χ2n) is 3.49. The molecule has 0 saturated carbocycles. The number of rotatable bonds is 5. The first-order valence-electron chi connectivity index (χ1n) is 4.79. The van der Waals surface area contributed by atoms with Crippen molar-refractivity contribution in [3.05, 3.63) is 34.3 Å². The van der Waals surface area contributed by atoms with E-state index in [2.05, 4.69) is 0 Å². The van der Waals surface area contributed by atoms with Crippen LogP contribution in [0.15, 0.2) is 18.2 Å². The number of aliphatic carboxylic acids is 1. The number of halogens is 1. The molecule has 0 aromatic heterocycles. The number of nitrogens with two attached hydrogens (primary N) is 1. The molecule has 1 aromatic rings. The molecule has 1 atom stereocenters. The fourth-order valence-electron chi connectivity index (χ4n) is 1.37. The van der Waals surface area contributed by atoms with Crippen LogP contribution in [0.5, 0.6) is 0 Å². The van der Waals surface area contributed by atoms with Crippen molar-refractivity contribution in [1.82, 2.24) is 0 Å². The lowest BCUT2D eigenvalue weighted by Gasteiger charge is -2.11. The maximum Gasteiger partial charge on any atom is 0.305 e. The van der Waals surface area contributed by atoms with Gasteiger partial charge in [-0.15, -0.1) is 0 Å². The fourth-order valence-corrected chi connectivity index (χ4v) is 1.62. The Kier molecular flexibility index (Phi) is 4.73. The molecule has 4 nitrogen and oxygen atoms in total. The molecule has 0 aliphatic rings. The van der Waals surface area contributed by atoms with E-state index in [-0.39, 0.29) is 6.42 Å². The first kappa shape index (κ1) is 13.0. The second-order valence-corrected chi connectivity index (χ2v) is 3.90. The molecule has 0 heterocycles. The van der Waals surface area contributed by atoms with E-state index in [1.165, 1.54) is 0 Å². The highest BCUT2D eigenvalue weighted by Crippen LogP contribution is 2.23. The number of benzene rings is 1. The molecule has 0 radical (unpaired) electrons. The predicted molar refractivity (Wildman–Crippen MR) is 61.3 cm³/mol. The zero-order chi connectivity index (χ0) is 12.1. The number of methoxy groups -OCH3 is 1. The Morgan fingerprint density at radius 3 is 2.81 bits per heavy atom. The van der Waals surface area contributed by atoms with Gasteiger partial charge < -0.3 is 15.6 Å². The van der Waals surface area contributed by atoms with Crippen molar-refractivity contribution in [3.8, 4) is 0 Å². The topological polar surface area (TPSA) is 72.5 Å². The minimum absolute atomic E-state index is 0.111. The summed E-state index contributed by atoms with van der Waals surface area (Å²) in [6.07, 6.45) is -0.111. The first-order chi connectivity index (χ1) is 7.54. The standard InChI is InChI=1S/C11H14ClNO3/c1-16-6-8-3-2-7(4-9(8)12)10(13)5-11(14)15/h2-4,10H,5-6,13H2,1H3,(H,14,15). The Morgan fingerprint density at radius 2 is 2.31 bits per heavy atom. The van der Waals surface area contributed by atoms with Crippen molar-refractivity contribution in [2.24, 2.45) is 5.73 Å². The zero-order valence-corrected chi connectivity index (χ0v) is 9.70. The third kappa shape index (κ3) is 3.48. The molecule has 88 valence electrons. The average Bonchev–Trinajstić information content (AvgIpc) is 2.20. The molecule has 3 N–H and O–H groups in total. The summed E-state index contributed by atoms with van der Waals surface area (Å²) in [5.41, 5.74) is 7.29. The van der Waals surface area contributed by atoms with E-state index < -0.39 is 12.0 Å². The molecule has 1 unspecified atom stereocenters. The molecule has 0 aliphatic carbocycles. The number of ether oxygens (including phenoxy) is 1. The monoisotopic (exact) mass is 243 g/mol. The Morgan fingerprint density at radius 1 is 1.62 bits per heavy atom. The highest BCUT2D eigenvalue weighted by Gasteiger charge is 2.12. The lowest BCUT2D eigenvalue weighted by molar-refractivity contribution is -0.137. The molecule has 0 spiro atoms. The van der Waals surface area contributed by atoms with Gasteiger partial charge in [-0.1, -0.05) is 23.7 Å². The van der Waals surface area contributed by atoms with E-state index in [0.29, 0.717) is 17.2 Å². The SMILES string of the molecule is COCc1ccc(C(N)CC(=O)O)cc1Cl. The lowest BCUT2D eigenvalue weighted by atomic mass is 10.0. The van der Waals surface area contributed by atoms with Gasteiger partial charge in [0.05, 0.1) is 13.0 Å². The average molecular weight is 244 g/mol. The maximum absolute atomic E-state index is 10.5. The van der Waals surface area contributed by atoms with Gasteiger partial charge in [-0.3, -0.25) is 4.79 Å². The lowest BCUT2D eigenvalue weighted by Crippen LogP contribution is -2.15. The summed E-state index contributed by atoms with van der Waals surface area (Å²) in [5, 5.41) is 9.16. The molecule has 0 fully saturated rings. The van der Waals surface area contributed by atoms with E-state index in [9.17, 15) is 4.79 Å². The van der Waals surface area contributed by atoms with E-state index in [4.69, 9.17) is 27.2 Å². The molecule has 0 aliphatic heterocycles. The van der Waals surface area contributed by atoms with E-state index in [1.54, 1.807) is 25.3 Å². The smallest absolute Gasteiger partial charge is 0.305 e. The van der Waals surface area contributed by atoms with Crippen LogP contribution in [-0.4, -0.2) is 18.2 Å². The molecule has 0 bridgehead atoms. The van der Waals surface area contributed by atoms with Crippen LogP contribution < -0.4 is 5.73 Å². The minimum Gasteiger partial charge on any atom is -0.481 e. The second kappa shape index (κ2) is 5.84. The summed E-state index contributed by atoms with van der Waals surface area (Å²) in [6.45, 7) is 0.424. The van der Waals surface area contributed by atoms with Crippen molar-refractivity contribution in [1.29, 1.82) is 0 Å². The van der Waals surface area contributed by atoms with Gasteiger partial charge in [0.2, 0.25) is 0 Å². The molecule has 5 heteroatoms. The summed E-state index contributed by atoms with van der Waals surface area (Å²) < 4.78 is 4.96. The summed E-state index contributed by atoms with van der Waals surface area (Å²) in [5.74, 6) is -0.926. The van der Waals surface area contributed by atoms with Gasteiger partial charge in [0, 0.05) is 18.2 Å². The van der Waals surface area contributed by atoms with Crippen molar-refractivity contribution in [2.45, 2.75) is 19.1 Å². The molecular weight excluding hydrogens is 230 g/mol. The van der Waals surface area contributed by atoms with E-state index >= 15 is 0 Å². The fraction of sp³-hybridized carbons (Fsp3) is 0.364. The highest BCUT2D eigenvalue weighted by atomic mass is 35.5. The van der Waals surface area contributed by atoms with Crippen LogP contribution in [0.1, 0.15) is 23.6 Å². The third-order valence-corrected chi connectivity index (χ3v) is 2.55. The van der Waals surface area contributed by atoms with Crippen LogP contribution in [0.25, 0.3) is 0 Å². The number of hydrogen-bond donors (Lipinski definition) is 2. The van der Waals surface area contributed by atoms with Gasteiger partial charge in [0.15, 0.2) is 0 Å². The van der Waals surface area contributed by atoms with Gasteiger partial charge in [-0.25, -0.2) is 0 Å². The summed E-state index contributed by atoms with van der Waals surface area (Å²) >= 11 is 6.01. The molecule has 0 saturated heterocycles. The van der Waals surface area contributed by atoms with Crippen LogP contribution in [0, 0.1) is 0 Å². The predicted octanol–water partition coefficient (Wildman–Crippen LogP) is 1.96. The van der Waals surface area contributed by atoms with Crippen molar-refractivity contribution >= 4 is 17.6 Å². The van der Waals surface area contributed by atoms with Crippen LogP contribution >= 0.6 is 11.6 Å².